The SMILES string of the molecule is CC1(C)c2ccccc2-c2sc3c(-c4ccc(-c5cccc(C6=CC=CCN6)n5)c5ccccc45)cccc3c2-c2cnccc21. The van der Waals surface area contributed by atoms with Gasteiger partial charge in [-0.3, -0.25) is 4.98 Å². The summed E-state index contributed by atoms with van der Waals surface area (Å²) in [5, 5.41) is 7.16. The summed E-state index contributed by atoms with van der Waals surface area (Å²) in [4.78, 5) is 11.1. The van der Waals surface area contributed by atoms with E-state index in [4.69, 9.17) is 4.98 Å². The van der Waals surface area contributed by atoms with Gasteiger partial charge in [0.25, 0.3) is 0 Å². The normalized spacial score (nSPS) is 14.6. The maximum absolute atomic E-state index is 5.11. The zero-order chi connectivity index (χ0) is 30.8. The summed E-state index contributed by atoms with van der Waals surface area (Å²) in [6.07, 6.45) is 10.3. The lowest BCUT2D eigenvalue weighted by Gasteiger charge is -2.28. The number of dihydropyridines is 1. The van der Waals surface area contributed by atoms with Gasteiger partial charge < -0.3 is 5.32 Å². The van der Waals surface area contributed by atoms with Gasteiger partial charge in [0.05, 0.1) is 17.1 Å². The second-order valence-corrected chi connectivity index (χ2v) is 13.6. The second kappa shape index (κ2) is 10.4. The van der Waals surface area contributed by atoms with E-state index < -0.39 is 0 Å². The molecular weight excluding hydrogens is 579 g/mol. The van der Waals surface area contributed by atoms with E-state index in [0.29, 0.717) is 0 Å². The number of hydrogen-bond acceptors (Lipinski definition) is 4. The molecule has 7 aromatic rings. The number of pyridine rings is 2. The van der Waals surface area contributed by atoms with Crippen molar-refractivity contribution in [3.05, 3.63) is 151 Å². The minimum atomic E-state index is -0.144. The van der Waals surface area contributed by atoms with Crippen molar-refractivity contribution in [1.82, 2.24) is 15.3 Å². The molecule has 3 nitrogen and oxygen atoms in total. The molecule has 46 heavy (non-hydrogen) atoms. The molecule has 0 atom stereocenters. The molecule has 3 aromatic heterocycles. The fourth-order valence-corrected chi connectivity index (χ4v) is 8.81. The van der Waals surface area contributed by atoms with Gasteiger partial charge in [0, 0.05) is 61.6 Å². The fourth-order valence-electron chi connectivity index (χ4n) is 7.43. The van der Waals surface area contributed by atoms with Crippen LogP contribution in [0.15, 0.2) is 134 Å². The lowest BCUT2D eigenvalue weighted by atomic mass is 9.76. The Morgan fingerprint density at radius 2 is 1.37 bits per heavy atom. The molecule has 0 amide bonds. The Balaban J connectivity index is 1.27. The van der Waals surface area contributed by atoms with Crippen LogP contribution >= 0.6 is 11.3 Å². The van der Waals surface area contributed by atoms with Gasteiger partial charge in [0.15, 0.2) is 0 Å². The van der Waals surface area contributed by atoms with E-state index in [9.17, 15) is 0 Å². The maximum atomic E-state index is 5.11. The van der Waals surface area contributed by atoms with Crippen molar-refractivity contribution in [2.45, 2.75) is 19.3 Å². The first kappa shape index (κ1) is 27.0. The van der Waals surface area contributed by atoms with Crippen molar-refractivity contribution in [3.8, 4) is 44.0 Å². The van der Waals surface area contributed by atoms with Gasteiger partial charge in [-0.05, 0) is 57.3 Å². The van der Waals surface area contributed by atoms with Crippen LogP contribution in [0.3, 0.4) is 0 Å². The molecule has 0 radical (unpaired) electrons. The smallest absolute Gasteiger partial charge is 0.0868 e. The number of nitrogens with zero attached hydrogens (tertiary/aromatic N) is 2. The van der Waals surface area contributed by atoms with Gasteiger partial charge in [-0.15, -0.1) is 11.3 Å². The van der Waals surface area contributed by atoms with E-state index >= 15 is 0 Å². The number of thiophene rings is 1. The third-order valence-corrected chi connectivity index (χ3v) is 10.9. The highest BCUT2D eigenvalue weighted by Crippen LogP contribution is 2.55. The molecule has 1 aliphatic carbocycles. The molecule has 0 unspecified atom stereocenters. The summed E-state index contributed by atoms with van der Waals surface area (Å²) in [5.74, 6) is 0. The molecule has 0 saturated heterocycles. The highest BCUT2D eigenvalue weighted by Gasteiger charge is 2.35. The predicted molar refractivity (Wildman–Crippen MR) is 194 cm³/mol. The van der Waals surface area contributed by atoms with Crippen LogP contribution in [-0.4, -0.2) is 16.5 Å². The van der Waals surface area contributed by atoms with Crippen LogP contribution in [0.25, 0.3) is 70.5 Å². The zero-order valence-corrected chi connectivity index (χ0v) is 26.5. The number of hydrogen-bond donors (Lipinski definition) is 1. The minimum Gasteiger partial charge on any atom is -0.380 e. The summed E-state index contributed by atoms with van der Waals surface area (Å²) in [5.41, 5.74) is 13.0. The molecule has 2 aliphatic rings. The molecule has 9 rings (SSSR count). The molecule has 1 N–H and O–H groups in total. The third kappa shape index (κ3) is 4.03. The first-order valence-electron chi connectivity index (χ1n) is 15.8. The standard InChI is InChI=1S/C42H31N3S/c1-42(2)34-16-6-5-13-31(34)41-39(33-25-43-24-22-35(33)42)32-15-9-14-30(40(32)46-41)28-20-21-29(27-12-4-3-11-26(27)28)36-18-10-19-38(45-36)37-17-7-8-23-44-37/h3-22,24-25,44H,23H2,1-2H3. The molecule has 0 saturated carbocycles. The average Bonchev–Trinajstić information content (AvgIpc) is 3.48. The summed E-state index contributed by atoms with van der Waals surface area (Å²) in [7, 11) is 0. The predicted octanol–water partition coefficient (Wildman–Crippen LogP) is 10.7. The Morgan fingerprint density at radius 1 is 0.652 bits per heavy atom. The van der Waals surface area contributed by atoms with Gasteiger partial charge in [-0.1, -0.05) is 111 Å². The Bertz CT molecular complexity index is 2410. The topological polar surface area (TPSA) is 37.8 Å². The first-order valence-corrected chi connectivity index (χ1v) is 16.6. The van der Waals surface area contributed by atoms with Crippen LogP contribution in [0.2, 0.25) is 0 Å². The molecule has 4 aromatic carbocycles. The second-order valence-electron chi connectivity index (χ2n) is 12.6. The van der Waals surface area contributed by atoms with Gasteiger partial charge in [-0.2, -0.15) is 0 Å². The Kier molecular flexibility index (Phi) is 6.09. The van der Waals surface area contributed by atoms with E-state index in [1.165, 1.54) is 64.7 Å². The molecule has 4 heteroatoms. The van der Waals surface area contributed by atoms with Crippen LogP contribution < -0.4 is 5.32 Å². The van der Waals surface area contributed by atoms with E-state index in [0.717, 1.165) is 29.2 Å². The Hall–Kier alpha value is -5.32. The number of allylic oxidation sites excluding steroid dienone is 2. The quantitative estimate of drug-likeness (QED) is 0.217. The van der Waals surface area contributed by atoms with Crippen LogP contribution in [0, 0.1) is 0 Å². The van der Waals surface area contributed by atoms with Gasteiger partial charge in [0.1, 0.15) is 0 Å². The molecule has 220 valence electrons. The van der Waals surface area contributed by atoms with Crippen molar-refractivity contribution in [2.75, 3.05) is 6.54 Å². The van der Waals surface area contributed by atoms with Crippen molar-refractivity contribution < 1.29 is 0 Å². The van der Waals surface area contributed by atoms with E-state index in [1.54, 1.807) is 0 Å². The monoisotopic (exact) mass is 609 g/mol. The Morgan fingerprint density at radius 3 is 2.24 bits per heavy atom. The summed E-state index contributed by atoms with van der Waals surface area (Å²) in [6.45, 7) is 5.50. The highest BCUT2D eigenvalue weighted by molar-refractivity contribution is 7.23. The molecule has 1 aliphatic heterocycles. The molecule has 0 fully saturated rings. The lowest BCUT2D eigenvalue weighted by molar-refractivity contribution is 0.645. The van der Waals surface area contributed by atoms with Crippen molar-refractivity contribution in [2.24, 2.45) is 0 Å². The molecule has 0 spiro atoms. The van der Waals surface area contributed by atoms with Crippen LogP contribution in [0.1, 0.15) is 30.7 Å². The molecular formula is C42H31N3S. The largest absolute Gasteiger partial charge is 0.380 e. The number of aromatic nitrogens is 2. The van der Waals surface area contributed by atoms with Gasteiger partial charge >= 0.3 is 0 Å². The average molecular weight is 610 g/mol. The van der Waals surface area contributed by atoms with Crippen LogP contribution in [-0.2, 0) is 5.41 Å². The van der Waals surface area contributed by atoms with Gasteiger partial charge in [0.2, 0.25) is 0 Å². The molecule has 4 heterocycles. The highest BCUT2D eigenvalue weighted by atomic mass is 32.1. The number of fused-ring (bicyclic) bond motifs is 8. The van der Waals surface area contributed by atoms with E-state index in [2.05, 4.69) is 152 Å². The minimum absolute atomic E-state index is 0.144. The van der Waals surface area contributed by atoms with E-state index in [1.807, 2.05) is 17.5 Å². The number of rotatable bonds is 3. The third-order valence-electron chi connectivity index (χ3n) is 9.65. The summed E-state index contributed by atoms with van der Waals surface area (Å²) in [6, 6.07) is 37.5. The summed E-state index contributed by atoms with van der Waals surface area (Å²) >= 11 is 1.91. The van der Waals surface area contributed by atoms with Gasteiger partial charge in [-0.25, -0.2) is 4.98 Å². The zero-order valence-electron chi connectivity index (χ0n) is 25.7. The lowest BCUT2D eigenvalue weighted by Crippen LogP contribution is -2.19. The summed E-state index contributed by atoms with van der Waals surface area (Å²) < 4.78 is 1.30. The number of nitrogens with one attached hydrogen (secondary N) is 1. The fraction of sp³-hybridized carbons (Fsp3) is 0.0952. The van der Waals surface area contributed by atoms with E-state index in [-0.39, 0.29) is 5.41 Å². The van der Waals surface area contributed by atoms with Crippen LogP contribution in [0.5, 0.6) is 0 Å². The first-order chi connectivity index (χ1) is 22.6. The Labute approximate surface area is 272 Å². The van der Waals surface area contributed by atoms with Crippen molar-refractivity contribution >= 4 is 37.9 Å². The molecule has 0 bridgehead atoms. The van der Waals surface area contributed by atoms with Crippen molar-refractivity contribution in [3.63, 3.8) is 0 Å². The maximum Gasteiger partial charge on any atom is 0.0868 e. The van der Waals surface area contributed by atoms with Crippen molar-refractivity contribution in [1.29, 1.82) is 0 Å². The van der Waals surface area contributed by atoms with Crippen LogP contribution in [0.4, 0.5) is 0 Å². The number of benzene rings is 4.